The summed E-state index contributed by atoms with van der Waals surface area (Å²) in [6, 6.07) is 7.10. The zero-order chi connectivity index (χ0) is 16.8. The van der Waals surface area contributed by atoms with Crippen molar-refractivity contribution >= 4 is 33.4 Å². The van der Waals surface area contributed by atoms with Gasteiger partial charge in [-0.25, -0.2) is 0 Å². The standard InChI is InChI=1S/C22H31I/c1-5-9-17-18(10-6-2)20(12-8-4)22-15-16(23)13-14-21(22)19(17)11-7-3/h13-15H,5-12H2,1-4H3. The molecule has 0 heterocycles. The fraction of sp³-hybridized carbons (Fsp3) is 0.545. The van der Waals surface area contributed by atoms with E-state index in [2.05, 4.69) is 68.5 Å². The predicted octanol–water partition coefficient (Wildman–Crippen LogP) is 7.25. The molecule has 0 unspecified atom stereocenters. The summed E-state index contributed by atoms with van der Waals surface area (Å²) in [5.74, 6) is 0. The van der Waals surface area contributed by atoms with Crippen LogP contribution in [0.3, 0.4) is 0 Å². The lowest BCUT2D eigenvalue weighted by atomic mass is 9.82. The molecule has 2 aromatic rings. The summed E-state index contributed by atoms with van der Waals surface area (Å²) in [6.45, 7) is 9.27. The molecule has 126 valence electrons. The normalized spacial score (nSPS) is 11.3. The Labute approximate surface area is 156 Å². The van der Waals surface area contributed by atoms with Crippen LogP contribution in [-0.2, 0) is 25.7 Å². The molecule has 0 aromatic heterocycles. The van der Waals surface area contributed by atoms with Gasteiger partial charge in [-0.2, -0.15) is 0 Å². The number of fused-ring (bicyclic) bond motifs is 1. The van der Waals surface area contributed by atoms with Gasteiger partial charge in [-0.3, -0.25) is 0 Å². The summed E-state index contributed by atoms with van der Waals surface area (Å²) in [5.41, 5.74) is 6.66. The van der Waals surface area contributed by atoms with E-state index in [1.165, 1.54) is 65.7 Å². The van der Waals surface area contributed by atoms with E-state index in [1.807, 2.05) is 0 Å². The van der Waals surface area contributed by atoms with Crippen LogP contribution in [0.2, 0.25) is 0 Å². The highest BCUT2D eigenvalue weighted by molar-refractivity contribution is 14.1. The van der Waals surface area contributed by atoms with Gasteiger partial charge in [0.1, 0.15) is 0 Å². The van der Waals surface area contributed by atoms with Crippen LogP contribution in [0.1, 0.15) is 75.6 Å². The fourth-order valence-corrected chi connectivity index (χ4v) is 4.38. The second kappa shape index (κ2) is 9.05. The maximum Gasteiger partial charge on any atom is 0.0136 e. The first-order chi connectivity index (χ1) is 11.2. The summed E-state index contributed by atoms with van der Waals surface area (Å²) < 4.78 is 1.36. The van der Waals surface area contributed by atoms with Gasteiger partial charge in [0, 0.05) is 3.57 Å². The van der Waals surface area contributed by atoms with E-state index in [-0.39, 0.29) is 0 Å². The Balaban J connectivity index is 2.86. The average Bonchev–Trinajstić information content (AvgIpc) is 2.54. The molecule has 1 heteroatoms. The first-order valence-corrected chi connectivity index (χ1v) is 10.5. The van der Waals surface area contributed by atoms with Crippen molar-refractivity contribution in [3.63, 3.8) is 0 Å². The number of halogens is 1. The van der Waals surface area contributed by atoms with Gasteiger partial charge < -0.3 is 0 Å². The highest BCUT2D eigenvalue weighted by Gasteiger charge is 2.17. The molecule has 0 nitrogen and oxygen atoms in total. The molecule has 0 radical (unpaired) electrons. The molecular formula is C22H31I. The Bertz CT molecular complexity index is 655. The van der Waals surface area contributed by atoms with Crippen LogP contribution in [0.25, 0.3) is 10.8 Å². The van der Waals surface area contributed by atoms with Crippen molar-refractivity contribution in [2.24, 2.45) is 0 Å². The summed E-state index contributed by atoms with van der Waals surface area (Å²) in [4.78, 5) is 0. The minimum absolute atomic E-state index is 1.22. The Morgan fingerprint density at radius 2 is 1.04 bits per heavy atom. The monoisotopic (exact) mass is 422 g/mol. The van der Waals surface area contributed by atoms with E-state index >= 15 is 0 Å². The van der Waals surface area contributed by atoms with Crippen LogP contribution in [0.5, 0.6) is 0 Å². The lowest BCUT2D eigenvalue weighted by Crippen LogP contribution is -2.07. The number of benzene rings is 2. The SMILES string of the molecule is CCCc1c(CCC)c(CCC)c2cc(I)ccc2c1CCC. The fourth-order valence-electron chi connectivity index (χ4n) is 3.89. The zero-order valence-corrected chi connectivity index (χ0v) is 17.4. The van der Waals surface area contributed by atoms with Crippen LogP contribution >= 0.6 is 22.6 Å². The van der Waals surface area contributed by atoms with Crippen molar-refractivity contribution in [1.82, 2.24) is 0 Å². The Morgan fingerprint density at radius 1 is 0.609 bits per heavy atom. The van der Waals surface area contributed by atoms with E-state index in [0.717, 1.165) is 0 Å². The van der Waals surface area contributed by atoms with E-state index in [4.69, 9.17) is 0 Å². The first-order valence-electron chi connectivity index (χ1n) is 9.42. The van der Waals surface area contributed by atoms with Crippen LogP contribution in [0, 0.1) is 3.57 Å². The molecule has 0 saturated carbocycles. The molecule has 0 saturated heterocycles. The molecule has 0 atom stereocenters. The van der Waals surface area contributed by atoms with Gasteiger partial charge in [-0.15, -0.1) is 0 Å². The van der Waals surface area contributed by atoms with Gasteiger partial charge in [0.25, 0.3) is 0 Å². The van der Waals surface area contributed by atoms with E-state index in [0.29, 0.717) is 0 Å². The highest BCUT2D eigenvalue weighted by Crippen LogP contribution is 2.35. The van der Waals surface area contributed by atoms with Gasteiger partial charge in [0.2, 0.25) is 0 Å². The minimum Gasteiger partial charge on any atom is -0.0651 e. The number of hydrogen-bond acceptors (Lipinski definition) is 0. The molecule has 2 rings (SSSR count). The van der Waals surface area contributed by atoms with Crippen LogP contribution in [0.4, 0.5) is 0 Å². The molecule has 0 aliphatic heterocycles. The maximum atomic E-state index is 2.46. The third-order valence-electron chi connectivity index (χ3n) is 4.72. The Kier molecular flexibility index (Phi) is 7.39. The molecule has 0 aliphatic carbocycles. The largest absolute Gasteiger partial charge is 0.0651 e. The average molecular weight is 422 g/mol. The molecule has 23 heavy (non-hydrogen) atoms. The molecule has 0 spiro atoms. The summed E-state index contributed by atoms with van der Waals surface area (Å²) in [7, 11) is 0. The van der Waals surface area contributed by atoms with E-state index in [1.54, 1.807) is 22.3 Å². The van der Waals surface area contributed by atoms with Crippen molar-refractivity contribution in [2.75, 3.05) is 0 Å². The summed E-state index contributed by atoms with van der Waals surface area (Å²) in [6.07, 6.45) is 9.87. The van der Waals surface area contributed by atoms with Gasteiger partial charge >= 0.3 is 0 Å². The van der Waals surface area contributed by atoms with Crippen LogP contribution < -0.4 is 0 Å². The maximum absolute atomic E-state index is 2.46. The van der Waals surface area contributed by atoms with E-state index < -0.39 is 0 Å². The van der Waals surface area contributed by atoms with Crippen LogP contribution in [0.15, 0.2) is 18.2 Å². The topological polar surface area (TPSA) is 0 Å². The molecule has 0 bridgehead atoms. The third-order valence-corrected chi connectivity index (χ3v) is 5.40. The molecule has 0 amide bonds. The molecular weight excluding hydrogens is 391 g/mol. The highest BCUT2D eigenvalue weighted by atomic mass is 127. The quantitative estimate of drug-likeness (QED) is 0.393. The van der Waals surface area contributed by atoms with Gasteiger partial charge in [0.15, 0.2) is 0 Å². The Hall–Kier alpha value is -0.570. The lowest BCUT2D eigenvalue weighted by Gasteiger charge is -2.22. The molecule has 0 aliphatic rings. The molecule has 0 N–H and O–H groups in total. The zero-order valence-electron chi connectivity index (χ0n) is 15.3. The van der Waals surface area contributed by atoms with Crippen molar-refractivity contribution in [3.8, 4) is 0 Å². The number of rotatable bonds is 8. The van der Waals surface area contributed by atoms with Crippen molar-refractivity contribution in [1.29, 1.82) is 0 Å². The smallest absolute Gasteiger partial charge is 0.0136 e. The summed E-state index contributed by atoms with van der Waals surface area (Å²) >= 11 is 2.46. The van der Waals surface area contributed by atoms with Crippen molar-refractivity contribution in [3.05, 3.63) is 44.0 Å². The van der Waals surface area contributed by atoms with Gasteiger partial charge in [-0.1, -0.05) is 59.4 Å². The van der Waals surface area contributed by atoms with Crippen LogP contribution in [-0.4, -0.2) is 0 Å². The number of hydrogen-bond donors (Lipinski definition) is 0. The number of aryl methyl sites for hydroxylation is 2. The summed E-state index contributed by atoms with van der Waals surface area (Å²) in [5, 5.41) is 3.06. The van der Waals surface area contributed by atoms with Crippen molar-refractivity contribution in [2.45, 2.75) is 79.1 Å². The first kappa shape index (κ1) is 18.8. The van der Waals surface area contributed by atoms with Gasteiger partial charge in [0.05, 0.1) is 0 Å². The van der Waals surface area contributed by atoms with Gasteiger partial charge in [-0.05, 0) is 93.4 Å². The minimum atomic E-state index is 1.22. The van der Waals surface area contributed by atoms with E-state index in [9.17, 15) is 0 Å². The lowest BCUT2D eigenvalue weighted by molar-refractivity contribution is 0.810. The molecule has 0 fully saturated rings. The molecule has 2 aromatic carbocycles. The second-order valence-corrected chi connectivity index (χ2v) is 7.85. The second-order valence-electron chi connectivity index (χ2n) is 6.60. The Morgan fingerprint density at radius 3 is 1.52 bits per heavy atom. The third kappa shape index (κ3) is 4.10. The van der Waals surface area contributed by atoms with Crippen molar-refractivity contribution < 1.29 is 0 Å². The predicted molar refractivity (Wildman–Crippen MR) is 113 cm³/mol.